The van der Waals surface area contributed by atoms with Crippen LogP contribution < -0.4 is 0 Å². The molecule has 0 fully saturated rings. The molecule has 11 heavy (non-hydrogen) atoms. The Kier molecular flexibility index (Phi) is 3.51. The quantitative estimate of drug-likeness (QED) is 0.692. The average molecular weight is 170 g/mol. The van der Waals surface area contributed by atoms with Gasteiger partial charge in [-0.2, -0.15) is 13.2 Å². The van der Waals surface area contributed by atoms with Crippen molar-refractivity contribution >= 4 is 5.78 Å². The van der Waals surface area contributed by atoms with Crippen molar-refractivity contribution in [2.24, 2.45) is 0 Å². The lowest BCUT2D eigenvalue weighted by Gasteiger charge is -2.05. The van der Waals surface area contributed by atoms with Crippen molar-refractivity contribution in [2.45, 2.75) is 32.0 Å². The minimum Gasteiger partial charge on any atom is -0.393 e. The molecule has 0 aromatic heterocycles. The van der Waals surface area contributed by atoms with Crippen molar-refractivity contribution in [1.29, 1.82) is 0 Å². The lowest BCUT2D eigenvalue weighted by molar-refractivity contribution is -0.171. The van der Waals surface area contributed by atoms with Gasteiger partial charge in [-0.3, -0.25) is 4.79 Å². The zero-order valence-electron chi connectivity index (χ0n) is 5.98. The second-order valence-electron chi connectivity index (χ2n) is 2.31. The van der Waals surface area contributed by atoms with Gasteiger partial charge >= 0.3 is 6.18 Å². The number of hydrogen-bond acceptors (Lipinski definition) is 2. The highest BCUT2D eigenvalue weighted by Gasteiger charge is 2.37. The number of Topliss-reactive ketones (excluding diaryl/α,β-unsaturated/α-hetero) is 1. The van der Waals surface area contributed by atoms with E-state index in [9.17, 15) is 18.0 Å². The molecule has 0 aliphatic rings. The zero-order chi connectivity index (χ0) is 9.07. The molecule has 66 valence electrons. The first-order chi connectivity index (χ1) is 4.84. The molecule has 5 heteroatoms. The Labute approximate surface area is 62.0 Å². The number of halogens is 3. The topological polar surface area (TPSA) is 37.3 Å². The molecule has 0 bridgehead atoms. The molecule has 1 unspecified atom stereocenters. The van der Waals surface area contributed by atoms with E-state index in [2.05, 4.69) is 0 Å². The molecule has 0 radical (unpaired) electrons. The van der Waals surface area contributed by atoms with Gasteiger partial charge in [-0.05, 0) is 13.3 Å². The molecule has 0 saturated carbocycles. The van der Waals surface area contributed by atoms with E-state index in [1.54, 1.807) is 0 Å². The van der Waals surface area contributed by atoms with Gasteiger partial charge in [0.15, 0.2) is 0 Å². The number of carbonyl (C=O) groups is 1. The van der Waals surface area contributed by atoms with Crippen molar-refractivity contribution < 1.29 is 23.1 Å². The third-order valence-corrected chi connectivity index (χ3v) is 1.11. The molecule has 0 aromatic rings. The van der Waals surface area contributed by atoms with Crippen LogP contribution in [0.25, 0.3) is 0 Å². The Morgan fingerprint density at radius 3 is 2.27 bits per heavy atom. The molecule has 1 atom stereocenters. The summed E-state index contributed by atoms with van der Waals surface area (Å²) in [6.45, 7) is 1.34. The van der Waals surface area contributed by atoms with Crippen molar-refractivity contribution in [3.05, 3.63) is 0 Å². The maximum absolute atomic E-state index is 11.5. The summed E-state index contributed by atoms with van der Waals surface area (Å²) in [6.07, 6.45) is -6.39. The monoisotopic (exact) mass is 170 g/mol. The van der Waals surface area contributed by atoms with Crippen LogP contribution >= 0.6 is 0 Å². The third-order valence-electron chi connectivity index (χ3n) is 1.11. The Morgan fingerprint density at radius 1 is 1.55 bits per heavy atom. The van der Waals surface area contributed by atoms with E-state index in [4.69, 9.17) is 5.11 Å². The fourth-order valence-electron chi connectivity index (χ4n) is 0.482. The van der Waals surface area contributed by atoms with Gasteiger partial charge in [-0.1, -0.05) is 0 Å². The third kappa shape index (κ3) is 4.78. The van der Waals surface area contributed by atoms with Crippen LogP contribution in [0.4, 0.5) is 13.2 Å². The predicted molar refractivity (Wildman–Crippen MR) is 32.0 cm³/mol. The van der Waals surface area contributed by atoms with Crippen LogP contribution in [0.3, 0.4) is 0 Å². The summed E-state index contributed by atoms with van der Waals surface area (Å²) in [6, 6.07) is 0. The van der Waals surface area contributed by atoms with Crippen LogP contribution in [0.1, 0.15) is 19.8 Å². The summed E-state index contributed by atoms with van der Waals surface area (Å²) in [4.78, 5) is 10.1. The summed E-state index contributed by atoms with van der Waals surface area (Å²) in [5.41, 5.74) is 0. The number of aliphatic hydroxyl groups excluding tert-OH is 1. The Balaban J connectivity index is 3.71. The molecule has 0 aliphatic carbocycles. The second kappa shape index (κ2) is 3.71. The summed E-state index contributed by atoms with van der Waals surface area (Å²) in [5, 5.41) is 8.55. The van der Waals surface area contributed by atoms with E-state index in [1.807, 2.05) is 0 Å². The molecular formula is C6H9F3O2. The summed E-state index contributed by atoms with van der Waals surface area (Å²) in [5.74, 6) is -1.78. The summed E-state index contributed by atoms with van der Waals surface area (Å²) >= 11 is 0. The molecule has 0 aliphatic heterocycles. The van der Waals surface area contributed by atoms with Crippen LogP contribution in [0.5, 0.6) is 0 Å². The van der Waals surface area contributed by atoms with Crippen LogP contribution in [0.15, 0.2) is 0 Å². The van der Waals surface area contributed by atoms with E-state index in [-0.39, 0.29) is 6.42 Å². The molecule has 0 aromatic carbocycles. The van der Waals surface area contributed by atoms with Gasteiger partial charge in [0, 0.05) is 6.42 Å². The van der Waals surface area contributed by atoms with Crippen molar-refractivity contribution in [1.82, 2.24) is 0 Å². The SMILES string of the molecule is CC(O)CCC(=O)C(F)(F)F. The number of aliphatic hydroxyl groups is 1. The number of rotatable bonds is 3. The molecule has 0 spiro atoms. The van der Waals surface area contributed by atoms with E-state index < -0.39 is 24.5 Å². The first kappa shape index (κ1) is 10.4. The van der Waals surface area contributed by atoms with Crippen LogP contribution in [-0.4, -0.2) is 23.2 Å². The number of hydrogen-bond donors (Lipinski definition) is 1. The van der Waals surface area contributed by atoms with Crippen molar-refractivity contribution in [2.75, 3.05) is 0 Å². The minimum absolute atomic E-state index is 0.141. The van der Waals surface area contributed by atoms with Gasteiger partial charge in [0.1, 0.15) is 0 Å². The van der Waals surface area contributed by atoms with E-state index >= 15 is 0 Å². The molecule has 0 heterocycles. The summed E-state index contributed by atoms with van der Waals surface area (Å²) < 4.78 is 34.4. The molecular weight excluding hydrogens is 161 g/mol. The standard InChI is InChI=1S/C6H9F3O2/c1-4(10)2-3-5(11)6(7,8)9/h4,10H,2-3H2,1H3. The van der Waals surface area contributed by atoms with Gasteiger partial charge in [-0.25, -0.2) is 0 Å². The van der Waals surface area contributed by atoms with Crippen LogP contribution in [-0.2, 0) is 4.79 Å². The van der Waals surface area contributed by atoms with Crippen molar-refractivity contribution in [3.63, 3.8) is 0 Å². The number of ketones is 1. The minimum atomic E-state index is -4.76. The maximum Gasteiger partial charge on any atom is 0.449 e. The zero-order valence-corrected chi connectivity index (χ0v) is 5.98. The highest BCUT2D eigenvalue weighted by atomic mass is 19.4. The van der Waals surface area contributed by atoms with Crippen molar-refractivity contribution in [3.8, 4) is 0 Å². The number of carbonyl (C=O) groups excluding carboxylic acids is 1. The molecule has 2 nitrogen and oxygen atoms in total. The molecule has 0 amide bonds. The smallest absolute Gasteiger partial charge is 0.393 e. The van der Waals surface area contributed by atoms with Gasteiger partial charge in [0.2, 0.25) is 5.78 Å². The number of alkyl halides is 3. The van der Waals surface area contributed by atoms with E-state index in [0.29, 0.717) is 0 Å². The van der Waals surface area contributed by atoms with E-state index in [1.165, 1.54) is 6.92 Å². The highest BCUT2D eigenvalue weighted by Crippen LogP contribution is 2.18. The first-order valence-corrected chi connectivity index (χ1v) is 3.12. The predicted octanol–water partition coefficient (Wildman–Crippen LogP) is 1.28. The lowest BCUT2D eigenvalue weighted by atomic mass is 10.1. The molecule has 0 saturated heterocycles. The Hall–Kier alpha value is -0.580. The average Bonchev–Trinajstić information content (AvgIpc) is 1.80. The largest absolute Gasteiger partial charge is 0.449 e. The first-order valence-electron chi connectivity index (χ1n) is 3.12. The lowest BCUT2D eigenvalue weighted by Crippen LogP contribution is -2.23. The fourth-order valence-corrected chi connectivity index (χ4v) is 0.482. The van der Waals surface area contributed by atoms with Gasteiger partial charge in [0.05, 0.1) is 6.10 Å². The maximum atomic E-state index is 11.5. The van der Waals surface area contributed by atoms with Gasteiger partial charge in [-0.15, -0.1) is 0 Å². The van der Waals surface area contributed by atoms with Gasteiger partial charge < -0.3 is 5.11 Å². The Bertz CT molecular complexity index is 139. The van der Waals surface area contributed by atoms with Crippen LogP contribution in [0.2, 0.25) is 0 Å². The van der Waals surface area contributed by atoms with Gasteiger partial charge in [0.25, 0.3) is 0 Å². The second-order valence-corrected chi connectivity index (χ2v) is 2.31. The molecule has 1 N–H and O–H groups in total. The fraction of sp³-hybridized carbons (Fsp3) is 0.833. The van der Waals surface area contributed by atoms with E-state index in [0.717, 1.165) is 0 Å². The highest BCUT2D eigenvalue weighted by molar-refractivity contribution is 5.83. The van der Waals surface area contributed by atoms with Crippen LogP contribution in [0, 0.1) is 0 Å². The molecule has 0 rings (SSSR count). The summed E-state index contributed by atoms with van der Waals surface area (Å²) in [7, 11) is 0. The normalized spacial score (nSPS) is 14.6. The Morgan fingerprint density at radius 2 is 2.00 bits per heavy atom.